The lowest BCUT2D eigenvalue weighted by Crippen LogP contribution is -3.13. The number of hydrogen-bond donors (Lipinski definition) is 2. The maximum absolute atomic E-state index is 10.3. The predicted molar refractivity (Wildman–Crippen MR) is 95.6 cm³/mol. The van der Waals surface area contributed by atoms with Crippen LogP contribution in [0.15, 0.2) is 30.6 Å². The second-order valence-corrected chi connectivity index (χ2v) is 6.95. The summed E-state index contributed by atoms with van der Waals surface area (Å²) < 4.78 is 0. The van der Waals surface area contributed by atoms with Crippen LogP contribution in [0.2, 0.25) is 0 Å². The molecule has 0 aliphatic carbocycles. The summed E-state index contributed by atoms with van der Waals surface area (Å²) in [6.07, 6.45) is 3.58. The maximum atomic E-state index is 10.3. The van der Waals surface area contributed by atoms with Gasteiger partial charge in [-0.1, -0.05) is 13.8 Å². The highest BCUT2D eigenvalue weighted by Gasteiger charge is 2.23. The van der Waals surface area contributed by atoms with Gasteiger partial charge in [-0.2, -0.15) is 0 Å². The summed E-state index contributed by atoms with van der Waals surface area (Å²) in [6.45, 7) is 11.3. The number of aromatic hydroxyl groups is 1. The van der Waals surface area contributed by atoms with Crippen LogP contribution in [0, 0.1) is 6.92 Å². The second kappa shape index (κ2) is 7.18. The third-order valence-electron chi connectivity index (χ3n) is 4.84. The molecule has 1 aliphatic rings. The van der Waals surface area contributed by atoms with Crippen molar-refractivity contribution < 1.29 is 10.0 Å². The Labute approximate surface area is 144 Å². The van der Waals surface area contributed by atoms with Crippen molar-refractivity contribution in [2.45, 2.75) is 33.2 Å². The van der Waals surface area contributed by atoms with Gasteiger partial charge in [0.05, 0.1) is 26.2 Å². The van der Waals surface area contributed by atoms with E-state index in [2.05, 4.69) is 41.7 Å². The minimum absolute atomic E-state index is 0.429. The third kappa shape index (κ3) is 3.67. The molecule has 0 saturated carbocycles. The molecule has 1 aromatic heterocycles. The van der Waals surface area contributed by atoms with Gasteiger partial charge in [0.1, 0.15) is 12.3 Å². The maximum Gasteiger partial charge on any atom is 0.225 e. The largest absolute Gasteiger partial charge is 0.507 e. The number of phenolic OH excluding ortho intramolecular Hbond substituents is 1. The molecule has 0 amide bonds. The number of aromatic nitrogens is 2. The first kappa shape index (κ1) is 16.7. The van der Waals surface area contributed by atoms with Crippen molar-refractivity contribution in [3.05, 3.63) is 47.3 Å². The highest BCUT2D eigenvalue weighted by atomic mass is 16.3. The van der Waals surface area contributed by atoms with Gasteiger partial charge in [-0.05, 0) is 42.2 Å². The van der Waals surface area contributed by atoms with E-state index in [1.54, 1.807) is 12.4 Å². The monoisotopic (exact) mass is 327 g/mol. The second-order valence-electron chi connectivity index (χ2n) is 6.95. The van der Waals surface area contributed by atoms with Crippen molar-refractivity contribution in [3.63, 3.8) is 0 Å². The number of phenols is 1. The summed E-state index contributed by atoms with van der Waals surface area (Å²) >= 11 is 0. The van der Waals surface area contributed by atoms with Gasteiger partial charge in [-0.15, -0.1) is 0 Å². The lowest BCUT2D eigenvalue weighted by molar-refractivity contribution is -0.914. The molecule has 0 atom stereocenters. The molecular weight excluding hydrogens is 300 g/mol. The van der Waals surface area contributed by atoms with Crippen LogP contribution in [0.1, 0.15) is 36.5 Å². The number of nitrogens with one attached hydrogen (secondary N) is 1. The predicted octanol–water partition coefficient (Wildman–Crippen LogP) is 1.52. The van der Waals surface area contributed by atoms with Crippen LogP contribution in [0.3, 0.4) is 0 Å². The highest BCUT2D eigenvalue weighted by molar-refractivity contribution is 5.42. The number of rotatable bonds is 4. The van der Waals surface area contributed by atoms with Gasteiger partial charge < -0.3 is 14.9 Å². The quantitative estimate of drug-likeness (QED) is 0.894. The molecule has 1 fully saturated rings. The molecule has 128 valence electrons. The average Bonchev–Trinajstić information content (AvgIpc) is 2.58. The van der Waals surface area contributed by atoms with Gasteiger partial charge in [0.15, 0.2) is 0 Å². The molecular formula is C19H27N4O+. The molecule has 0 radical (unpaired) electrons. The summed E-state index contributed by atoms with van der Waals surface area (Å²) in [4.78, 5) is 12.4. The number of hydrogen-bond acceptors (Lipinski definition) is 4. The minimum Gasteiger partial charge on any atom is -0.507 e. The first-order chi connectivity index (χ1) is 11.5. The Morgan fingerprint density at radius 1 is 1.17 bits per heavy atom. The van der Waals surface area contributed by atoms with Crippen molar-refractivity contribution in [1.29, 1.82) is 0 Å². The summed E-state index contributed by atoms with van der Waals surface area (Å²) in [5, 5.41) is 10.3. The zero-order valence-electron chi connectivity index (χ0n) is 14.8. The molecule has 3 rings (SSSR count). The molecule has 5 heteroatoms. The first-order valence-corrected chi connectivity index (χ1v) is 8.72. The fourth-order valence-corrected chi connectivity index (χ4v) is 3.44. The molecule has 24 heavy (non-hydrogen) atoms. The van der Waals surface area contributed by atoms with E-state index in [0.29, 0.717) is 11.7 Å². The normalized spacial score (nSPS) is 15.9. The Bertz CT molecular complexity index is 679. The lowest BCUT2D eigenvalue weighted by atomic mass is 9.95. The molecule has 0 spiro atoms. The standard InChI is InChI=1S/C19H26N4O/c1-14(2)17-12-16(18(24)11-15(17)3)13-22-7-9-23(10-8-22)19-20-5-4-6-21-19/h4-6,11-12,14,24H,7-10,13H2,1-3H3/p+1. The summed E-state index contributed by atoms with van der Waals surface area (Å²) in [6, 6.07) is 5.95. The van der Waals surface area contributed by atoms with Gasteiger partial charge in [-0.3, -0.25) is 0 Å². The van der Waals surface area contributed by atoms with Crippen LogP contribution >= 0.6 is 0 Å². The third-order valence-corrected chi connectivity index (χ3v) is 4.84. The molecule has 2 aromatic rings. The van der Waals surface area contributed by atoms with E-state index in [4.69, 9.17) is 0 Å². The number of anilines is 1. The number of nitrogens with zero attached hydrogens (tertiary/aromatic N) is 3. The Morgan fingerprint density at radius 3 is 2.46 bits per heavy atom. The van der Waals surface area contributed by atoms with Gasteiger partial charge in [0.25, 0.3) is 0 Å². The smallest absolute Gasteiger partial charge is 0.225 e. The van der Waals surface area contributed by atoms with E-state index in [9.17, 15) is 5.11 Å². The number of piperazine rings is 1. The van der Waals surface area contributed by atoms with E-state index >= 15 is 0 Å². The van der Waals surface area contributed by atoms with Gasteiger partial charge in [0.2, 0.25) is 5.95 Å². The van der Waals surface area contributed by atoms with Crippen molar-refractivity contribution >= 4 is 5.95 Å². The minimum atomic E-state index is 0.429. The van der Waals surface area contributed by atoms with Gasteiger partial charge in [-0.25, -0.2) is 9.97 Å². The molecule has 5 nitrogen and oxygen atoms in total. The lowest BCUT2D eigenvalue weighted by Gasteiger charge is -2.32. The van der Waals surface area contributed by atoms with E-state index < -0.39 is 0 Å². The molecule has 0 bridgehead atoms. The van der Waals surface area contributed by atoms with Crippen molar-refractivity contribution in [2.24, 2.45) is 0 Å². The highest BCUT2D eigenvalue weighted by Crippen LogP contribution is 2.26. The number of aryl methyl sites for hydroxylation is 1. The number of benzene rings is 1. The number of quaternary nitrogens is 1. The van der Waals surface area contributed by atoms with E-state index in [1.807, 2.05) is 12.1 Å². The Kier molecular flexibility index (Phi) is 5.00. The zero-order valence-corrected chi connectivity index (χ0v) is 14.8. The SMILES string of the molecule is Cc1cc(O)c(C[NH+]2CCN(c3ncccn3)CC2)cc1C(C)C. The van der Waals surface area contributed by atoms with Crippen LogP contribution < -0.4 is 9.80 Å². The molecule has 0 unspecified atom stereocenters. The molecule has 2 N–H and O–H groups in total. The van der Waals surface area contributed by atoms with E-state index in [0.717, 1.165) is 44.2 Å². The van der Waals surface area contributed by atoms with Crippen LogP contribution in [-0.2, 0) is 6.54 Å². The molecule has 1 saturated heterocycles. The Morgan fingerprint density at radius 2 is 1.83 bits per heavy atom. The van der Waals surface area contributed by atoms with Crippen LogP contribution in [0.25, 0.3) is 0 Å². The van der Waals surface area contributed by atoms with Gasteiger partial charge >= 0.3 is 0 Å². The van der Waals surface area contributed by atoms with Crippen molar-refractivity contribution in [3.8, 4) is 5.75 Å². The fourth-order valence-electron chi connectivity index (χ4n) is 3.44. The molecule has 1 aliphatic heterocycles. The van der Waals surface area contributed by atoms with Gasteiger partial charge in [0, 0.05) is 18.0 Å². The summed E-state index contributed by atoms with van der Waals surface area (Å²) in [7, 11) is 0. The zero-order chi connectivity index (χ0) is 17.1. The van der Waals surface area contributed by atoms with Crippen molar-refractivity contribution in [2.75, 3.05) is 31.1 Å². The van der Waals surface area contributed by atoms with E-state index in [1.165, 1.54) is 16.0 Å². The fraction of sp³-hybridized carbons (Fsp3) is 0.474. The summed E-state index contributed by atoms with van der Waals surface area (Å²) in [5.41, 5.74) is 3.56. The average molecular weight is 327 g/mol. The Hall–Kier alpha value is -2.14. The first-order valence-electron chi connectivity index (χ1n) is 8.72. The topological polar surface area (TPSA) is 53.7 Å². The van der Waals surface area contributed by atoms with Crippen LogP contribution in [0.5, 0.6) is 5.75 Å². The molecule has 2 heterocycles. The van der Waals surface area contributed by atoms with E-state index in [-0.39, 0.29) is 0 Å². The van der Waals surface area contributed by atoms with Crippen molar-refractivity contribution in [1.82, 2.24) is 9.97 Å². The van der Waals surface area contributed by atoms with Crippen LogP contribution in [0.4, 0.5) is 5.95 Å². The Balaban J connectivity index is 1.65. The summed E-state index contributed by atoms with van der Waals surface area (Å²) in [5.74, 6) is 1.72. The van der Waals surface area contributed by atoms with Crippen LogP contribution in [-0.4, -0.2) is 41.3 Å². The molecule has 1 aromatic carbocycles.